The van der Waals surface area contributed by atoms with Crippen molar-refractivity contribution in [3.63, 3.8) is 0 Å². The molecule has 4 rings (SSSR count). The number of carbonyl (C=O) groups is 1. The van der Waals surface area contributed by atoms with Crippen molar-refractivity contribution in [2.45, 2.75) is 39.3 Å². The van der Waals surface area contributed by atoms with Gasteiger partial charge in [0.1, 0.15) is 17.5 Å². The molecule has 3 heterocycles. The van der Waals surface area contributed by atoms with Gasteiger partial charge < -0.3 is 25.6 Å². The Balaban J connectivity index is 1.70. The molecule has 3 aromatic heterocycles. The molecule has 2 amide bonds. The van der Waals surface area contributed by atoms with Crippen molar-refractivity contribution < 1.29 is 18.7 Å². The number of aliphatic hydroxyl groups excluding tert-OH is 1. The summed E-state index contributed by atoms with van der Waals surface area (Å²) >= 11 is 0. The van der Waals surface area contributed by atoms with E-state index in [4.69, 9.17) is 0 Å². The maximum Gasteiger partial charge on any atom is 0.323 e. The van der Waals surface area contributed by atoms with Crippen LogP contribution in [-0.2, 0) is 12.6 Å². The van der Waals surface area contributed by atoms with E-state index in [1.165, 1.54) is 30.0 Å². The minimum Gasteiger partial charge on any atom is -0.387 e. The fraction of sp³-hybridized carbons (Fsp3) is 0.308. The van der Waals surface area contributed by atoms with Crippen LogP contribution >= 0.6 is 0 Å². The molecule has 0 fully saturated rings. The third-order valence-electron chi connectivity index (χ3n) is 6.05. The van der Waals surface area contributed by atoms with Gasteiger partial charge in [-0.3, -0.25) is 9.48 Å². The van der Waals surface area contributed by atoms with Gasteiger partial charge in [0.25, 0.3) is 5.56 Å². The number of aliphatic hydroxyl groups is 1. The second kappa shape index (κ2) is 9.86. The number of hydrogen-bond donors (Lipinski definition) is 4. The molecule has 0 radical (unpaired) electrons. The lowest BCUT2D eigenvalue weighted by Gasteiger charge is -2.24. The first-order chi connectivity index (χ1) is 17.8. The summed E-state index contributed by atoms with van der Waals surface area (Å²) in [4.78, 5) is 30.1. The summed E-state index contributed by atoms with van der Waals surface area (Å²) in [7, 11) is 3.24. The standard InChI is InChI=1S/C26H29F2N7O3/c1-13(36)23-20(12-31-35(23)26(2,3)4)33-25(38)32-19-8-15(17(27)9-18(19)28)16-7-14-11-30-22(29-5)10-21(14)34(6)24(16)37/h7-13,36H,1-6H3,(H,29,30)(H2,32,33,38). The molecule has 0 aliphatic carbocycles. The lowest BCUT2D eigenvalue weighted by molar-refractivity contribution is 0.176. The maximum atomic E-state index is 14.9. The zero-order valence-electron chi connectivity index (χ0n) is 21.8. The molecule has 0 spiro atoms. The number of urea groups is 1. The number of fused-ring (bicyclic) bond motifs is 1. The Morgan fingerprint density at radius 3 is 2.34 bits per heavy atom. The Bertz CT molecular complexity index is 1600. The maximum absolute atomic E-state index is 14.9. The Morgan fingerprint density at radius 1 is 1.03 bits per heavy atom. The van der Waals surface area contributed by atoms with E-state index in [0.29, 0.717) is 28.5 Å². The highest BCUT2D eigenvalue weighted by Gasteiger charge is 2.25. The van der Waals surface area contributed by atoms with Gasteiger partial charge in [-0.25, -0.2) is 18.6 Å². The predicted molar refractivity (Wildman–Crippen MR) is 142 cm³/mol. The van der Waals surface area contributed by atoms with E-state index in [1.54, 1.807) is 24.8 Å². The van der Waals surface area contributed by atoms with E-state index < -0.39 is 34.9 Å². The summed E-state index contributed by atoms with van der Waals surface area (Å²) in [5.41, 5.74) is -0.376. The van der Waals surface area contributed by atoms with E-state index in [0.717, 1.165) is 6.07 Å². The first-order valence-electron chi connectivity index (χ1n) is 11.8. The fourth-order valence-corrected chi connectivity index (χ4v) is 4.21. The molecule has 0 bridgehead atoms. The quantitative estimate of drug-likeness (QED) is 0.303. The molecule has 0 saturated heterocycles. The Labute approximate surface area is 217 Å². The van der Waals surface area contributed by atoms with Crippen molar-refractivity contribution in [1.29, 1.82) is 0 Å². The Kier molecular flexibility index (Phi) is 6.94. The van der Waals surface area contributed by atoms with Crippen molar-refractivity contribution in [2.24, 2.45) is 7.05 Å². The SMILES string of the molecule is CNc1cc2c(cn1)cc(-c1cc(NC(=O)Nc3cnn(C(C)(C)C)c3C(C)O)c(F)cc1F)c(=O)n2C. The number of benzene rings is 1. The number of anilines is 3. The van der Waals surface area contributed by atoms with Crippen molar-refractivity contribution in [3.05, 3.63) is 64.3 Å². The third kappa shape index (κ3) is 4.94. The van der Waals surface area contributed by atoms with Gasteiger partial charge in [0.15, 0.2) is 0 Å². The van der Waals surface area contributed by atoms with E-state index in [-0.39, 0.29) is 22.5 Å². The minimum absolute atomic E-state index is 0.0252. The first-order valence-corrected chi connectivity index (χ1v) is 11.8. The van der Waals surface area contributed by atoms with Crippen LogP contribution in [0.1, 0.15) is 39.5 Å². The van der Waals surface area contributed by atoms with Crippen LogP contribution in [0.2, 0.25) is 0 Å². The van der Waals surface area contributed by atoms with Gasteiger partial charge in [0.2, 0.25) is 0 Å². The lowest BCUT2D eigenvalue weighted by atomic mass is 10.0. The van der Waals surface area contributed by atoms with Gasteiger partial charge in [-0.1, -0.05) is 0 Å². The third-order valence-corrected chi connectivity index (χ3v) is 6.05. The van der Waals surface area contributed by atoms with Crippen LogP contribution in [-0.4, -0.2) is 37.5 Å². The molecule has 1 atom stereocenters. The van der Waals surface area contributed by atoms with Crippen molar-refractivity contribution >= 4 is 34.1 Å². The van der Waals surface area contributed by atoms with Gasteiger partial charge in [-0.15, -0.1) is 0 Å². The highest BCUT2D eigenvalue weighted by Crippen LogP contribution is 2.30. The van der Waals surface area contributed by atoms with E-state index in [1.807, 2.05) is 20.8 Å². The van der Waals surface area contributed by atoms with Crippen LogP contribution in [0, 0.1) is 11.6 Å². The van der Waals surface area contributed by atoms with Crippen LogP contribution in [0.3, 0.4) is 0 Å². The highest BCUT2D eigenvalue weighted by molar-refractivity contribution is 6.00. The van der Waals surface area contributed by atoms with Gasteiger partial charge in [0.05, 0.1) is 46.0 Å². The van der Waals surface area contributed by atoms with Gasteiger partial charge in [-0.05, 0) is 39.8 Å². The van der Waals surface area contributed by atoms with Crippen LogP contribution in [0.25, 0.3) is 22.0 Å². The summed E-state index contributed by atoms with van der Waals surface area (Å²) in [5, 5.41) is 22.9. The molecule has 12 heteroatoms. The minimum atomic E-state index is -1.03. The molecule has 4 aromatic rings. The first kappa shape index (κ1) is 26.7. The zero-order valence-corrected chi connectivity index (χ0v) is 21.8. The highest BCUT2D eigenvalue weighted by atomic mass is 19.1. The number of hydrogen-bond acceptors (Lipinski definition) is 6. The summed E-state index contributed by atoms with van der Waals surface area (Å²) in [6.45, 7) is 7.20. The summed E-state index contributed by atoms with van der Waals surface area (Å²) in [6.07, 6.45) is 1.96. The predicted octanol–water partition coefficient (Wildman–Crippen LogP) is 4.57. The second-order valence-corrected chi connectivity index (χ2v) is 9.89. The largest absolute Gasteiger partial charge is 0.387 e. The summed E-state index contributed by atoms with van der Waals surface area (Å²) < 4.78 is 32.5. The van der Waals surface area contributed by atoms with Crippen LogP contribution in [0.15, 0.2) is 41.5 Å². The molecule has 4 N–H and O–H groups in total. The topological polar surface area (TPSA) is 126 Å². The molecule has 1 unspecified atom stereocenters. The van der Waals surface area contributed by atoms with Gasteiger partial charge in [-0.2, -0.15) is 5.10 Å². The van der Waals surface area contributed by atoms with Gasteiger partial charge in [0, 0.05) is 43.4 Å². The van der Waals surface area contributed by atoms with Gasteiger partial charge >= 0.3 is 6.03 Å². The second-order valence-electron chi connectivity index (χ2n) is 9.89. The lowest BCUT2D eigenvalue weighted by Crippen LogP contribution is -2.27. The van der Waals surface area contributed by atoms with Crippen molar-refractivity contribution in [3.8, 4) is 11.1 Å². The number of nitrogens with one attached hydrogen (secondary N) is 3. The van der Waals surface area contributed by atoms with Crippen LogP contribution < -0.4 is 21.5 Å². The monoisotopic (exact) mass is 525 g/mol. The molecule has 0 saturated carbocycles. The Morgan fingerprint density at radius 2 is 1.71 bits per heavy atom. The number of pyridine rings is 2. The van der Waals surface area contributed by atoms with Crippen LogP contribution in [0.5, 0.6) is 0 Å². The molecular weight excluding hydrogens is 496 g/mol. The number of nitrogens with zero attached hydrogens (tertiary/aromatic N) is 4. The molecule has 200 valence electrons. The number of aromatic nitrogens is 4. The van der Waals surface area contributed by atoms with E-state index in [2.05, 4.69) is 26.0 Å². The summed E-state index contributed by atoms with van der Waals surface area (Å²) in [6, 6.07) is 3.99. The smallest absolute Gasteiger partial charge is 0.323 e. The summed E-state index contributed by atoms with van der Waals surface area (Å²) in [5.74, 6) is -1.44. The molecule has 0 aliphatic rings. The van der Waals surface area contributed by atoms with Crippen molar-refractivity contribution in [1.82, 2.24) is 19.3 Å². The fourth-order valence-electron chi connectivity index (χ4n) is 4.21. The average Bonchev–Trinajstić information content (AvgIpc) is 3.27. The van der Waals surface area contributed by atoms with Crippen molar-refractivity contribution in [2.75, 3.05) is 23.0 Å². The van der Waals surface area contributed by atoms with E-state index in [9.17, 15) is 23.5 Å². The number of halogens is 2. The molecule has 0 aliphatic heterocycles. The van der Waals surface area contributed by atoms with Crippen LogP contribution in [0.4, 0.5) is 30.8 Å². The number of carbonyl (C=O) groups excluding carboxylic acids is 1. The molecule has 38 heavy (non-hydrogen) atoms. The zero-order chi connectivity index (χ0) is 27.9. The van der Waals surface area contributed by atoms with E-state index >= 15 is 0 Å². The average molecular weight is 526 g/mol. The molecular formula is C26H29F2N7O3. The number of amides is 2. The number of aryl methyl sites for hydroxylation is 1. The normalized spacial score (nSPS) is 12.4. The molecule has 1 aromatic carbocycles. The Hall–Kier alpha value is -4.32. The number of rotatable bonds is 5. The molecule has 10 nitrogen and oxygen atoms in total.